The van der Waals surface area contributed by atoms with Gasteiger partial charge in [-0.2, -0.15) is 5.10 Å². The zero-order valence-corrected chi connectivity index (χ0v) is 23.0. The number of fused-ring (bicyclic) bond motifs is 1. The number of amides is 1. The van der Waals surface area contributed by atoms with Crippen molar-refractivity contribution in [1.82, 2.24) is 24.2 Å². The SMILES string of the molecule is COc1ccc(-c2c(C)nc3sc(C(C)(C)C(=O)N(C)C)nn23)cc1S(=O)(=O)NC1CCC(O)CC1. The van der Waals surface area contributed by atoms with Crippen LogP contribution < -0.4 is 9.46 Å². The van der Waals surface area contributed by atoms with Crippen LogP contribution in [0.25, 0.3) is 16.2 Å². The standard InChI is InChI=1S/C24H33N5O5S2/c1-14-20(29-23(25-14)35-21(26-29)24(2,3)22(31)28(4)5)15-7-12-18(34-6)19(13-15)36(32,33)27-16-8-10-17(30)11-9-16/h7,12-13,16-17,27,30H,8-11H2,1-6H3. The molecule has 1 saturated carbocycles. The van der Waals surface area contributed by atoms with E-state index < -0.39 is 15.4 Å². The minimum Gasteiger partial charge on any atom is -0.495 e. The first-order chi connectivity index (χ1) is 16.8. The van der Waals surface area contributed by atoms with Crippen LogP contribution in [0.15, 0.2) is 23.1 Å². The number of likely N-dealkylation sites (N-methyl/N-ethyl adjacent to an activating group) is 1. The Hall–Kier alpha value is -2.54. The maximum Gasteiger partial charge on any atom is 0.244 e. The van der Waals surface area contributed by atoms with E-state index in [9.17, 15) is 18.3 Å². The van der Waals surface area contributed by atoms with E-state index in [2.05, 4.69) is 9.71 Å². The third-order valence-electron chi connectivity index (χ3n) is 6.60. The van der Waals surface area contributed by atoms with Gasteiger partial charge in [-0.1, -0.05) is 11.3 Å². The van der Waals surface area contributed by atoms with E-state index in [0.717, 1.165) is 0 Å². The van der Waals surface area contributed by atoms with E-state index >= 15 is 0 Å². The van der Waals surface area contributed by atoms with E-state index in [1.165, 1.54) is 23.3 Å². The van der Waals surface area contributed by atoms with Crippen LogP contribution in [0.3, 0.4) is 0 Å². The number of nitrogens with zero attached hydrogens (tertiary/aromatic N) is 4. The van der Waals surface area contributed by atoms with Gasteiger partial charge in [0, 0.05) is 25.7 Å². The van der Waals surface area contributed by atoms with Gasteiger partial charge in [-0.15, -0.1) is 0 Å². The summed E-state index contributed by atoms with van der Waals surface area (Å²) in [6.45, 7) is 5.50. The summed E-state index contributed by atoms with van der Waals surface area (Å²) in [4.78, 5) is 19.6. The molecule has 1 fully saturated rings. The number of ether oxygens (including phenoxy) is 1. The number of benzene rings is 1. The second kappa shape index (κ2) is 9.73. The van der Waals surface area contributed by atoms with Crippen molar-refractivity contribution in [2.75, 3.05) is 21.2 Å². The Morgan fingerprint density at radius 1 is 1.25 bits per heavy atom. The van der Waals surface area contributed by atoms with Crippen molar-refractivity contribution in [2.24, 2.45) is 0 Å². The lowest BCUT2D eigenvalue weighted by Gasteiger charge is -2.26. The first-order valence-corrected chi connectivity index (χ1v) is 14.1. The molecule has 3 aromatic rings. The number of nitrogens with one attached hydrogen (secondary N) is 1. The lowest BCUT2D eigenvalue weighted by atomic mass is 9.93. The monoisotopic (exact) mass is 535 g/mol. The van der Waals surface area contributed by atoms with E-state index in [0.29, 0.717) is 52.6 Å². The number of imidazole rings is 1. The van der Waals surface area contributed by atoms with Crippen LogP contribution in [0.2, 0.25) is 0 Å². The zero-order valence-electron chi connectivity index (χ0n) is 21.4. The van der Waals surface area contributed by atoms with E-state index in [4.69, 9.17) is 9.84 Å². The predicted octanol–water partition coefficient (Wildman–Crippen LogP) is 2.72. The number of carbonyl (C=O) groups excluding carboxylic acids is 1. The zero-order chi connectivity index (χ0) is 26.4. The quantitative estimate of drug-likeness (QED) is 0.476. The topological polar surface area (TPSA) is 126 Å². The molecule has 1 aliphatic rings. The fourth-order valence-electron chi connectivity index (χ4n) is 4.59. The highest BCUT2D eigenvalue weighted by atomic mass is 32.2. The van der Waals surface area contributed by atoms with Crippen LogP contribution in [0.5, 0.6) is 5.75 Å². The van der Waals surface area contributed by atoms with Crippen LogP contribution >= 0.6 is 11.3 Å². The summed E-state index contributed by atoms with van der Waals surface area (Å²) in [5.41, 5.74) is 1.13. The van der Waals surface area contributed by atoms with Crippen molar-refractivity contribution in [3.8, 4) is 17.0 Å². The molecule has 2 N–H and O–H groups in total. The Morgan fingerprint density at radius 2 is 1.92 bits per heavy atom. The molecule has 0 saturated heterocycles. The van der Waals surface area contributed by atoms with Crippen LogP contribution in [-0.2, 0) is 20.2 Å². The molecule has 10 nitrogen and oxygen atoms in total. The fourth-order valence-corrected chi connectivity index (χ4v) is 7.13. The number of aliphatic hydroxyl groups excluding tert-OH is 1. The summed E-state index contributed by atoms with van der Waals surface area (Å²) in [5.74, 6) is 0.161. The van der Waals surface area contributed by atoms with Gasteiger partial charge in [-0.3, -0.25) is 4.79 Å². The van der Waals surface area contributed by atoms with Gasteiger partial charge in [0.05, 0.1) is 30.0 Å². The Morgan fingerprint density at radius 3 is 2.53 bits per heavy atom. The number of aliphatic hydroxyl groups is 1. The molecule has 36 heavy (non-hydrogen) atoms. The maximum absolute atomic E-state index is 13.4. The normalized spacial score (nSPS) is 19.0. The van der Waals surface area contributed by atoms with Gasteiger partial charge in [-0.05, 0) is 64.7 Å². The molecule has 2 aromatic heterocycles. The highest BCUT2D eigenvalue weighted by Gasteiger charge is 2.36. The van der Waals surface area contributed by atoms with E-state index in [-0.39, 0.29) is 28.7 Å². The Bertz CT molecular complexity index is 1390. The molecule has 0 bridgehead atoms. The number of aryl methyl sites for hydroxylation is 1. The van der Waals surface area contributed by atoms with Crippen molar-refractivity contribution in [3.63, 3.8) is 0 Å². The highest BCUT2D eigenvalue weighted by Crippen LogP contribution is 2.36. The van der Waals surface area contributed by atoms with Crippen LogP contribution in [-0.4, -0.2) is 72.3 Å². The van der Waals surface area contributed by atoms with Gasteiger partial charge in [0.15, 0.2) is 0 Å². The molecule has 1 amide bonds. The van der Waals surface area contributed by atoms with Gasteiger partial charge in [0.2, 0.25) is 20.9 Å². The lowest BCUT2D eigenvalue weighted by molar-refractivity contribution is -0.133. The minimum atomic E-state index is -3.89. The highest BCUT2D eigenvalue weighted by molar-refractivity contribution is 7.89. The van der Waals surface area contributed by atoms with Crippen LogP contribution in [0.4, 0.5) is 0 Å². The molecule has 1 aromatic carbocycles. The van der Waals surface area contributed by atoms with Gasteiger partial charge in [0.1, 0.15) is 15.7 Å². The number of hydrogen-bond acceptors (Lipinski definition) is 8. The van der Waals surface area contributed by atoms with Crippen molar-refractivity contribution < 1.29 is 23.1 Å². The molecule has 12 heteroatoms. The maximum atomic E-state index is 13.4. The third kappa shape index (κ3) is 4.86. The molecule has 1 aliphatic carbocycles. The van der Waals surface area contributed by atoms with Crippen molar-refractivity contribution in [1.29, 1.82) is 0 Å². The van der Waals surface area contributed by atoms with Crippen LogP contribution in [0.1, 0.15) is 50.2 Å². The molecule has 0 unspecified atom stereocenters. The number of sulfonamides is 1. The predicted molar refractivity (Wildman–Crippen MR) is 138 cm³/mol. The third-order valence-corrected chi connectivity index (χ3v) is 9.37. The molecule has 196 valence electrons. The van der Waals surface area contributed by atoms with Gasteiger partial charge < -0.3 is 14.7 Å². The summed E-state index contributed by atoms with van der Waals surface area (Å²) in [7, 11) is 0.960. The number of rotatable bonds is 7. The Kier molecular flexibility index (Phi) is 7.17. The number of carbonyl (C=O) groups is 1. The van der Waals surface area contributed by atoms with Crippen LogP contribution in [0, 0.1) is 6.92 Å². The largest absolute Gasteiger partial charge is 0.495 e. The molecule has 0 spiro atoms. The van der Waals surface area contributed by atoms with Crippen molar-refractivity contribution in [3.05, 3.63) is 28.9 Å². The van der Waals surface area contributed by atoms with Gasteiger partial charge in [-0.25, -0.2) is 22.6 Å². The fraction of sp³-hybridized carbons (Fsp3) is 0.542. The second-order valence-electron chi connectivity index (χ2n) is 9.96. The summed E-state index contributed by atoms with van der Waals surface area (Å²) >= 11 is 1.34. The molecule has 0 aliphatic heterocycles. The molecule has 0 radical (unpaired) electrons. The molecular formula is C24H33N5O5S2. The molecule has 0 atom stereocenters. The summed E-state index contributed by atoms with van der Waals surface area (Å²) in [6.07, 6.45) is 1.91. The summed E-state index contributed by atoms with van der Waals surface area (Å²) in [6, 6.07) is 4.73. The number of hydrogen-bond donors (Lipinski definition) is 2. The van der Waals surface area contributed by atoms with E-state index in [1.54, 1.807) is 36.8 Å². The van der Waals surface area contributed by atoms with E-state index in [1.807, 2.05) is 20.8 Å². The average molecular weight is 536 g/mol. The second-order valence-corrected chi connectivity index (χ2v) is 12.6. The summed E-state index contributed by atoms with van der Waals surface area (Å²) in [5, 5.41) is 15.1. The molecule has 4 rings (SSSR count). The molecular weight excluding hydrogens is 502 g/mol. The first-order valence-electron chi connectivity index (χ1n) is 11.8. The minimum absolute atomic E-state index is 0.0292. The molecule has 2 heterocycles. The van der Waals surface area contributed by atoms with Crippen molar-refractivity contribution in [2.45, 2.75) is 68.9 Å². The smallest absolute Gasteiger partial charge is 0.244 e. The van der Waals surface area contributed by atoms with Crippen molar-refractivity contribution >= 4 is 32.2 Å². The van der Waals surface area contributed by atoms with Gasteiger partial charge in [0.25, 0.3) is 0 Å². The first kappa shape index (κ1) is 26.5. The summed E-state index contributed by atoms with van der Waals surface area (Å²) < 4.78 is 36.6. The Balaban J connectivity index is 1.75. The lowest BCUT2D eigenvalue weighted by Crippen LogP contribution is -2.39. The Labute approximate surface area is 215 Å². The van der Waals surface area contributed by atoms with Gasteiger partial charge >= 0.3 is 0 Å². The number of aromatic nitrogens is 3. The average Bonchev–Trinajstić information content (AvgIpc) is 3.36. The number of methoxy groups -OCH3 is 1.